The molecule has 0 atom stereocenters. The smallest absolute Gasteiger partial charge is 0.252 e. The van der Waals surface area contributed by atoms with E-state index in [1.54, 1.807) is 0 Å². The molecule has 2 aliphatic rings. The first-order valence-electron chi connectivity index (χ1n) is 31.0. The predicted octanol–water partition coefficient (Wildman–Crippen LogP) is 20.1. The molecule has 0 N–H and O–H groups in total. The van der Waals surface area contributed by atoms with Gasteiger partial charge < -0.3 is 14.4 Å². The highest BCUT2D eigenvalue weighted by Crippen LogP contribution is 2.50. The number of hydrogen-bond acceptors (Lipinski definition) is 4. The molecule has 2 aromatic heterocycles. The zero-order valence-electron chi connectivity index (χ0n) is 52.6. The van der Waals surface area contributed by atoms with Gasteiger partial charge in [-0.2, -0.15) is 0 Å². The van der Waals surface area contributed by atoms with E-state index in [1.807, 2.05) is 48.5 Å². The lowest BCUT2D eigenvalue weighted by Gasteiger charge is -2.45. The van der Waals surface area contributed by atoms with Crippen LogP contribution in [0.5, 0.6) is 0 Å². The van der Waals surface area contributed by atoms with Crippen molar-refractivity contribution in [2.75, 3.05) is 9.80 Å². The van der Waals surface area contributed by atoms with Crippen LogP contribution in [0.1, 0.15) is 105 Å². The fraction of sp³-hybridized carbons (Fsp3) is 0.198. The maximum absolute atomic E-state index is 8.78. The van der Waals surface area contributed by atoms with Gasteiger partial charge in [-0.1, -0.05) is 235 Å². The minimum atomic E-state index is -0.108. The van der Waals surface area contributed by atoms with E-state index < -0.39 is 0 Å². The van der Waals surface area contributed by atoms with Crippen molar-refractivity contribution in [1.29, 1.82) is 0 Å². The van der Waals surface area contributed by atoms with Crippen LogP contribution >= 0.6 is 0 Å². The van der Waals surface area contributed by atoms with Crippen LogP contribution in [0.25, 0.3) is 77.4 Å². The Hall–Kier alpha value is -9.77. The molecule has 0 saturated heterocycles. The maximum Gasteiger partial charge on any atom is 0.252 e. The van der Waals surface area contributed by atoms with Gasteiger partial charge in [0.2, 0.25) is 5.69 Å². The summed E-state index contributed by atoms with van der Waals surface area (Å²) in [6.45, 7) is 36.7. The quantitative estimate of drug-likeness (QED) is 0.118. The molecule has 4 heterocycles. The minimum Gasteiger partial charge on any atom is -0.318 e. The monoisotopic (exact) mass is 1140 g/mol. The van der Waals surface area contributed by atoms with Crippen LogP contribution in [0.4, 0.5) is 39.8 Å². The minimum absolute atomic E-state index is 0.0435. The SMILES string of the molecule is [C-]#[N+]c1cccc(-c2nc(-c3ccccc3)cc(-c3ccccc3)n2)c1-n1c2ccccc2c2cc(-c3cc4c5c(c3)N(c3cc(C(C)(C)C)cc(C(C)(C)C)c3)c3ccccc3B5c3ccccc3N4c3cc(C(C)(C)C)cc(C(C)(C)C)c3)ccc21. The average molecular weight is 1140 g/mol. The second kappa shape index (κ2) is 20.7. The van der Waals surface area contributed by atoms with Gasteiger partial charge in [-0.3, -0.25) is 0 Å². The summed E-state index contributed by atoms with van der Waals surface area (Å²) in [5.41, 5.74) is 25.4. The van der Waals surface area contributed by atoms with E-state index in [9.17, 15) is 0 Å². The van der Waals surface area contributed by atoms with Gasteiger partial charge in [-0.15, -0.1) is 0 Å². The topological polar surface area (TPSA) is 41.6 Å². The zero-order valence-corrected chi connectivity index (χ0v) is 52.6. The maximum atomic E-state index is 8.78. The highest BCUT2D eigenvalue weighted by atomic mass is 15.2. The van der Waals surface area contributed by atoms with Crippen molar-refractivity contribution >= 4 is 84.7 Å². The third-order valence-corrected chi connectivity index (χ3v) is 18.2. The van der Waals surface area contributed by atoms with Crippen LogP contribution in [-0.4, -0.2) is 21.2 Å². The molecule has 0 bridgehead atoms. The van der Waals surface area contributed by atoms with Crippen molar-refractivity contribution < 1.29 is 0 Å². The molecule has 88 heavy (non-hydrogen) atoms. The van der Waals surface area contributed by atoms with E-state index in [0.29, 0.717) is 11.5 Å². The lowest BCUT2D eigenvalue weighted by molar-refractivity contribution is 0.568. The van der Waals surface area contributed by atoms with Crippen molar-refractivity contribution in [3.63, 3.8) is 0 Å². The lowest BCUT2D eigenvalue weighted by atomic mass is 9.33. The molecule has 12 aromatic rings. The van der Waals surface area contributed by atoms with E-state index in [-0.39, 0.29) is 28.4 Å². The summed E-state index contributed by atoms with van der Waals surface area (Å²) >= 11 is 0. The Kier molecular flexibility index (Phi) is 13.2. The number of rotatable bonds is 7. The number of nitrogens with zero attached hydrogens (tertiary/aromatic N) is 6. The van der Waals surface area contributed by atoms with E-state index in [0.717, 1.165) is 89.4 Å². The highest BCUT2D eigenvalue weighted by Gasteiger charge is 2.44. The molecule has 10 aromatic carbocycles. The fourth-order valence-electron chi connectivity index (χ4n) is 13.3. The van der Waals surface area contributed by atoms with Gasteiger partial charge in [-0.05, 0) is 144 Å². The Morgan fingerprint density at radius 1 is 0.375 bits per heavy atom. The number of para-hydroxylation sites is 4. The highest BCUT2D eigenvalue weighted by molar-refractivity contribution is 7.00. The van der Waals surface area contributed by atoms with Crippen LogP contribution in [-0.2, 0) is 21.7 Å². The summed E-state index contributed by atoms with van der Waals surface area (Å²) in [6, 6.07) is 82.1. The van der Waals surface area contributed by atoms with Crippen LogP contribution in [0, 0.1) is 6.57 Å². The summed E-state index contributed by atoms with van der Waals surface area (Å²) in [4.78, 5) is 20.1. The second-order valence-electron chi connectivity index (χ2n) is 28.3. The Balaban J connectivity index is 1.05. The summed E-state index contributed by atoms with van der Waals surface area (Å²) in [5, 5.41) is 2.17. The molecule has 7 heteroatoms. The first-order valence-corrected chi connectivity index (χ1v) is 31.0. The van der Waals surface area contributed by atoms with E-state index >= 15 is 0 Å². The second-order valence-corrected chi connectivity index (χ2v) is 28.3. The van der Waals surface area contributed by atoms with Crippen LogP contribution in [0.15, 0.2) is 224 Å². The third kappa shape index (κ3) is 9.58. The average Bonchev–Trinajstić information content (AvgIpc) is 0.870. The van der Waals surface area contributed by atoms with Crippen LogP contribution in [0.2, 0.25) is 0 Å². The van der Waals surface area contributed by atoms with E-state index in [1.165, 1.54) is 50.0 Å². The van der Waals surface area contributed by atoms with Crippen molar-refractivity contribution in [2.24, 2.45) is 0 Å². The number of anilines is 6. The van der Waals surface area contributed by atoms with Gasteiger partial charge >= 0.3 is 0 Å². The number of fused-ring (bicyclic) bond motifs is 7. The molecule has 0 saturated carbocycles. The van der Waals surface area contributed by atoms with Crippen molar-refractivity contribution in [2.45, 2.75) is 105 Å². The Labute approximate surface area is 519 Å². The summed E-state index contributed by atoms with van der Waals surface area (Å²) in [6.07, 6.45) is 0. The molecular weight excluding hydrogens is 1070 g/mol. The molecule has 430 valence electrons. The molecule has 0 spiro atoms. The first kappa shape index (κ1) is 56.1. The predicted molar refractivity (Wildman–Crippen MR) is 373 cm³/mol. The van der Waals surface area contributed by atoms with Crippen molar-refractivity contribution in [3.8, 4) is 50.7 Å². The van der Waals surface area contributed by atoms with E-state index in [2.05, 4.69) is 278 Å². The van der Waals surface area contributed by atoms with Gasteiger partial charge in [0.25, 0.3) is 6.71 Å². The zero-order chi connectivity index (χ0) is 61.2. The summed E-state index contributed by atoms with van der Waals surface area (Å²) < 4.78 is 2.28. The Bertz CT molecular complexity index is 4540. The molecule has 0 unspecified atom stereocenters. The summed E-state index contributed by atoms with van der Waals surface area (Å²) in [7, 11) is 0. The molecule has 0 fully saturated rings. The largest absolute Gasteiger partial charge is 0.318 e. The molecule has 2 aliphatic heterocycles. The molecule has 0 amide bonds. The number of aromatic nitrogens is 3. The standard InChI is InChI=1S/C81H73BN6/c1-78(2,3)55-44-56(79(4,5)6)47-59(46-55)86-71-37-24-21-33-64(71)82-65-34-22-25-38-72(65)87(60-48-57(80(7,8)9)45-58(49-60)81(10,11)12)74-43-54(42-73(86)75(74)82)53-39-40-70-63(41-53)61-31-20-23-36-69(61)88(70)76-62(32-26-35-66(76)83-13)77-84-67(51-27-16-14-17-28-51)50-68(85-77)52-29-18-15-19-30-52/h14-50H,1-12H3. The van der Waals surface area contributed by atoms with Gasteiger partial charge in [0.1, 0.15) is 0 Å². The first-order chi connectivity index (χ1) is 42.1. The molecule has 0 aliphatic carbocycles. The molecular formula is C81H73BN6. The number of hydrogen-bond donors (Lipinski definition) is 0. The van der Waals surface area contributed by atoms with Gasteiger partial charge in [-0.25, -0.2) is 14.8 Å². The van der Waals surface area contributed by atoms with Crippen LogP contribution in [0.3, 0.4) is 0 Å². The lowest BCUT2D eigenvalue weighted by Crippen LogP contribution is -2.61. The van der Waals surface area contributed by atoms with Gasteiger partial charge in [0, 0.05) is 61.6 Å². The number of benzene rings is 10. The van der Waals surface area contributed by atoms with E-state index in [4.69, 9.17) is 16.5 Å². The van der Waals surface area contributed by atoms with Crippen LogP contribution < -0.4 is 26.2 Å². The molecule has 0 radical (unpaired) electrons. The third-order valence-electron chi connectivity index (χ3n) is 18.2. The normalized spacial score (nSPS) is 13.1. The van der Waals surface area contributed by atoms with Gasteiger partial charge in [0.15, 0.2) is 5.82 Å². The van der Waals surface area contributed by atoms with Crippen molar-refractivity contribution in [1.82, 2.24) is 14.5 Å². The van der Waals surface area contributed by atoms with Crippen molar-refractivity contribution in [3.05, 3.63) is 258 Å². The summed E-state index contributed by atoms with van der Waals surface area (Å²) in [5.74, 6) is 0.548. The van der Waals surface area contributed by atoms with Gasteiger partial charge in [0.05, 0.1) is 34.7 Å². The Morgan fingerprint density at radius 3 is 1.32 bits per heavy atom. The molecule has 6 nitrogen and oxygen atoms in total. The molecule has 14 rings (SSSR count). The fourth-order valence-corrected chi connectivity index (χ4v) is 13.3. The Morgan fingerprint density at radius 2 is 0.830 bits per heavy atom.